The molecule has 0 saturated carbocycles. The van der Waals surface area contributed by atoms with Crippen LogP contribution in [0, 0.1) is 0 Å². The van der Waals surface area contributed by atoms with Crippen molar-refractivity contribution in [2.24, 2.45) is 0 Å². The number of ether oxygens (including phenoxy) is 4. The number of phenols is 1. The van der Waals surface area contributed by atoms with Crippen LogP contribution >= 0.6 is 0 Å². The maximum absolute atomic E-state index is 11.8. The highest BCUT2D eigenvalue weighted by Gasteiger charge is 2.15. The van der Waals surface area contributed by atoms with Crippen LogP contribution in [0.15, 0.2) is 72.9 Å². The molecule has 4 rings (SSSR count). The maximum atomic E-state index is 11.8. The third-order valence-electron chi connectivity index (χ3n) is 4.98. The first-order chi connectivity index (χ1) is 16.6. The van der Waals surface area contributed by atoms with Gasteiger partial charge in [0.15, 0.2) is 5.75 Å². The quantitative estimate of drug-likeness (QED) is 0.325. The van der Waals surface area contributed by atoms with E-state index in [-0.39, 0.29) is 5.75 Å². The van der Waals surface area contributed by atoms with Crippen LogP contribution in [0.2, 0.25) is 0 Å². The number of carbonyl (C=O) groups excluding carboxylic acids is 1. The largest absolute Gasteiger partial charge is 0.507 e. The number of hydrogen-bond donors (Lipinski definition) is 2. The predicted molar refractivity (Wildman–Crippen MR) is 125 cm³/mol. The Hall–Kier alpha value is -4.46. The Bertz CT molecular complexity index is 1270. The first-order valence-electron chi connectivity index (χ1n) is 10.6. The SMILES string of the molecule is CCOC(=O)c1ccc(Oc2cn[nH]c2-c2ccc(OCc3cccc(OC)c3)cc2O)cc1. The van der Waals surface area contributed by atoms with E-state index in [2.05, 4.69) is 10.2 Å². The molecule has 3 aromatic carbocycles. The summed E-state index contributed by atoms with van der Waals surface area (Å²) < 4.78 is 21.9. The van der Waals surface area contributed by atoms with Crippen molar-refractivity contribution in [1.82, 2.24) is 10.2 Å². The number of esters is 1. The highest BCUT2D eigenvalue weighted by Crippen LogP contribution is 2.38. The van der Waals surface area contributed by atoms with E-state index < -0.39 is 5.97 Å². The molecule has 1 heterocycles. The maximum Gasteiger partial charge on any atom is 0.338 e. The van der Waals surface area contributed by atoms with Gasteiger partial charge in [-0.2, -0.15) is 5.10 Å². The number of methoxy groups -OCH3 is 1. The highest BCUT2D eigenvalue weighted by atomic mass is 16.5. The molecule has 4 aromatic rings. The van der Waals surface area contributed by atoms with E-state index in [0.717, 1.165) is 11.3 Å². The van der Waals surface area contributed by atoms with E-state index in [1.807, 2.05) is 24.3 Å². The Morgan fingerprint density at radius 2 is 1.79 bits per heavy atom. The van der Waals surface area contributed by atoms with Gasteiger partial charge in [-0.05, 0) is 61.0 Å². The van der Waals surface area contributed by atoms with Gasteiger partial charge in [0.05, 0.1) is 25.5 Å². The topological polar surface area (TPSA) is 103 Å². The number of carbonyl (C=O) groups is 1. The van der Waals surface area contributed by atoms with Crippen LogP contribution in [0.4, 0.5) is 0 Å². The molecule has 0 aliphatic heterocycles. The molecule has 0 aliphatic carbocycles. The molecule has 0 bridgehead atoms. The number of aromatic amines is 1. The number of nitrogens with one attached hydrogen (secondary N) is 1. The summed E-state index contributed by atoms with van der Waals surface area (Å²) in [6, 6.07) is 19.2. The van der Waals surface area contributed by atoms with Crippen LogP contribution in [0.25, 0.3) is 11.3 Å². The van der Waals surface area contributed by atoms with E-state index in [0.29, 0.717) is 47.3 Å². The smallest absolute Gasteiger partial charge is 0.338 e. The van der Waals surface area contributed by atoms with Crippen molar-refractivity contribution in [3.8, 4) is 40.0 Å². The summed E-state index contributed by atoms with van der Waals surface area (Å²) in [6.45, 7) is 2.39. The molecule has 8 heteroatoms. The number of phenolic OH excluding ortho intramolecular Hbond substituents is 1. The van der Waals surface area contributed by atoms with Gasteiger partial charge in [-0.3, -0.25) is 5.10 Å². The first-order valence-corrected chi connectivity index (χ1v) is 10.6. The molecule has 0 atom stereocenters. The minimum atomic E-state index is -0.392. The molecule has 0 saturated heterocycles. The fourth-order valence-electron chi connectivity index (χ4n) is 3.29. The van der Waals surface area contributed by atoms with E-state index in [1.165, 1.54) is 12.3 Å². The lowest BCUT2D eigenvalue weighted by Crippen LogP contribution is -2.04. The van der Waals surface area contributed by atoms with Crippen LogP contribution in [-0.2, 0) is 11.3 Å². The van der Waals surface area contributed by atoms with Crippen molar-refractivity contribution in [1.29, 1.82) is 0 Å². The second-order valence-electron chi connectivity index (χ2n) is 7.28. The van der Waals surface area contributed by atoms with Crippen molar-refractivity contribution in [2.45, 2.75) is 13.5 Å². The van der Waals surface area contributed by atoms with E-state index in [9.17, 15) is 9.90 Å². The standard InChI is InChI=1S/C26H24N2O6/c1-3-32-26(30)18-7-9-19(10-8-18)34-24-15-27-28-25(24)22-12-11-21(14-23(22)29)33-16-17-5-4-6-20(13-17)31-2/h4-15,29H,3,16H2,1-2H3,(H,27,28). The Kier molecular flexibility index (Phi) is 6.98. The van der Waals surface area contributed by atoms with Crippen molar-refractivity contribution >= 4 is 5.97 Å². The highest BCUT2D eigenvalue weighted by molar-refractivity contribution is 5.89. The van der Waals surface area contributed by atoms with Crippen molar-refractivity contribution in [3.05, 3.63) is 84.1 Å². The monoisotopic (exact) mass is 460 g/mol. The van der Waals surface area contributed by atoms with Crippen LogP contribution in [-0.4, -0.2) is 35.0 Å². The molecule has 0 fully saturated rings. The summed E-state index contributed by atoms with van der Waals surface area (Å²) in [5.41, 5.74) is 2.39. The lowest BCUT2D eigenvalue weighted by Gasteiger charge is -2.11. The van der Waals surface area contributed by atoms with Gasteiger partial charge in [0.1, 0.15) is 35.3 Å². The average Bonchev–Trinajstić information content (AvgIpc) is 3.31. The summed E-state index contributed by atoms with van der Waals surface area (Å²) in [4.78, 5) is 11.8. The van der Waals surface area contributed by atoms with Crippen molar-refractivity contribution in [3.63, 3.8) is 0 Å². The second kappa shape index (κ2) is 10.4. The number of H-pyrrole nitrogens is 1. The summed E-state index contributed by atoms with van der Waals surface area (Å²) >= 11 is 0. The number of rotatable bonds is 9. The van der Waals surface area contributed by atoms with E-state index in [4.69, 9.17) is 18.9 Å². The number of aromatic nitrogens is 2. The van der Waals surface area contributed by atoms with Gasteiger partial charge in [-0.1, -0.05) is 12.1 Å². The summed E-state index contributed by atoms with van der Waals surface area (Å²) in [6.07, 6.45) is 1.52. The third kappa shape index (κ3) is 5.29. The molecule has 0 radical (unpaired) electrons. The molecular formula is C26H24N2O6. The summed E-state index contributed by atoms with van der Waals surface area (Å²) in [5, 5.41) is 17.5. The Balaban J connectivity index is 1.46. The Morgan fingerprint density at radius 1 is 1.00 bits per heavy atom. The molecule has 0 aliphatic rings. The molecule has 34 heavy (non-hydrogen) atoms. The zero-order valence-electron chi connectivity index (χ0n) is 18.8. The number of nitrogens with zero attached hydrogens (tertiary/aromatic N) is 1. The van der Waals surface area contributed by atoms with Gasteiger partial charge in [-0.25, -0.2) is 4.79 Å². The molecule has 8 nitrogen and oxygen atoms in total. The lowest BCUT2D eigenvalue weighted by molar-refractivity contribution is 0.0526. The zero-order valence-corrected chi connectivity index (χ0v) is 18.8. The minimum Gasteiger partial charge on any atom is -0.507 e. The van der Waals surface area contributed by atoms with Gasteiger partial charge in [0.25, 0.3) is 0 Å². The second-order valence-corrected chi connectivity index (χ2v) is 7.28. The molecule has 174 valence electrons. The Labute approximate surface area is 196 Å². The van der Waals surface area contributed by atoms with Crippen molar-refractivity contribution in [2.75, 3.05) is 13.7 Å². The van der Waals surface area contributed by atoms with Gasteiger partial charge in [0, 0.05) is 11.6 Å². The molecule has 0 amide bonds. The fourth-order valence-corrected chi connectivity index (χ4v) is 3.29. The van der Waals surface area contributed by atoms with Gasteiger partial charge in [0.2, 0.25) is 0 Å². The molecule has 0 spiro atoms. The van der Waals surface area contributed by atoms with Crippen molar-refractivity contribution < 1.29 is 28.8 Å². The number of benzene rings is 3. The lowest BCUT2D eigenvalue weighted by atomic mass is 10.1. The molecular weight excluding hydrogens is 436 g/mol. The molecule has 2 N–H and O–H groups in total. The first kappa shape index (κ1) is 22.7. The van der Waals surface area contributed by atoms with Crippen LogP contribution in [0.5, 0.6) is 28.7 Å². The summed E-state index contributed by atoms with van der Waals surface area (Å²) in [5.74, 6) is 1.81. The third-order valence-corrected chi connectivity index (χ3v) is 4.98. The normalized spacial score (nSPS) is 10.5. The van der Waals surface area contributed by atoms with Gasteiger partial charge < -0.3 is 24.1 Å². The number of aromatic hydroxyl groups is 1. The molecule has 0 unspecified atom stereocenters. The van der Waals surface area contributed by atoms with Gasteiger partial charge in [-0.15, -0.1) is 0 Å². The summed E-state index contributed by atoms with van der Waals surface area (Å²) in [7, 11) is 1.61. The van der Waals surface area contributed by atoms with Crippen LogP contribution < -0.4 is 14.2 Å². The van der Waals surface area contributed by atoms with E-state index >= 15 is 0 Å². The van der Waals surface area contributed by atoms with Gasteiger partial charge >= 0.3 is 5.97 Å². The van der Waals surface area contributed by atoms with Crippen LogP contribution in [0.1, 0.15) is 22.8 Å². The predicted octanol–water partition coefficient (Wildman–Crippen LogP) is 5.34. The van der Waals surface area contributed by atoms with E-state index in [1.54, 1.807) is 50.4 Å². The zero-order chi connectivity index (χ0) is 23.9. The van der Waals surface area contributed by atoms with Crippen LogP contribution in [0.3, 0.4) is 0 Å². The number of hydrogen-bond acceptors (Lipinski definition) is 7. The average molecular weight is 460 g/mol. The Morgan fingerprint density at radius 3 is 2.53 bits per heavy atom. The minimum absolute atomic E-state index is 0.00917. The fraction of sp³-hybridized carbons (Fsp3) is 0.154. The molecule has 1 aromatic heterocycles.